The molecule has 0 bridgehead atoms. The summed E-state index contributed by atoms with van der Waals surface area (Å²) in [7, 11) is -3.01. The lowest BCUT2D eigenvalue weighted by Gasteiger charge is -2.31. The van der Waals surface area contributed by atoms with Gasteiger partial charge in [0.25, 0.3) is 0 Å². The lowest BCUT2D eigenvalue weighted by molar-refractivity contribution is -0.146. The van der Waals surface area contributed by atoms with Crippen LogP contribution in [0.25, 0.3) is 11.2 Å². The number of carbonyl (C=O) groups is 1. The van der Waals surface area contributed by atoms with Crippen LogP contribution in [0.3, 0.4) is 0 Å². The SMILES string of the molecule is CCCCCCCCCCCCCCCCCCCOC(=O)[C@H](Cc1cc(F)cc(F)c1)NP(=O)(OC[C@](C)(CCn1cnc2c(N)nc(F)nc21)OC)Oc1ccccc1. The summed E-state index contributed by atoms with van der Waals surface area (Å²) in [5, 5.41) is 2.73. The maximum Gasteiger partial charge on any atom is 0.459 e. The van der Waals surface area contributed by atoms with Crippen molar-refractivity contribution >= 4 is 30.7 Å². The van der Waals surface area contributed by atoms with E-state index in [-0.39, 0.29) is 60.9 Å². The molecule has 3 atom stereocenters. The number of aromatic nitrogens is 4. The molecule has 338 valence electrons. The number of imidazole rings is 1. The molecule has 2 heterocycles. The number of carbonyl (C=O) groups excluding carboxylic acids is 1. The van der Waals surface area contributed by atoms with E-state index in [1.165, 1.54) is 96.9 Å². The van der Waals surface area contributed by atoms with Crippen LogP contribution in [-0.2, 0) is 36.3 Å². The van der Waals surface area contributed by atoms with Gasteiger partial charge in [0.05, 0.1) is 25.1 Å². The van der Waals surface area contributed by atoms with E-state index in [1.54, 1.807) is 41.8 Å². The maximum absolute atomic E-state index is 14.7. The summed E-state index contributed by atoms with van der Waals surface area (Å²) in [6.45, 7) is 3.99. The highest BCUT2D eigenvalue weighted by Crippen LogP contribution is 2.46. The second kappa shape index (κ2) is 26.4. The highest BCUT2D eigenvalue weighted by atomic mass is 31.2. The molecular formula is C45H66F3N6O6P. The van der Waals surface area contributed by atoms with Gasteiger partial charge in [-0.1, -0.05) is 128 Å². The Morgan fingerprint density at radius 1 is 0.852 bits per heavy atom. The molecule has 0 aliphatic carbocycles. The third-order valence-electron chi connectivity index (χ3n) is 10.8. The standard InChI is InChI=1S/C45H66F3N6O6P/c1-4-5-6-7-8-9-10-11-12-13-14-15-16-17-18-19-23-28-58-43(55)39(31-35-29-36(46)32-37(47)30-35)53-61(56,60-38-24-21-20-22-25-38)59-33-45(2,57-3)26-27-54-34-50-40-41(49)51-44(48)52-42(40)54/h20-22,24-25,29-30,32,34,39H,4-19,23,26-28,31,33H2,1-3H3,(H,53,56)(H2,49,51,52)/t39-,45-,61?/m0/s1. The molecule has 1 unspecified atom stereocenters. The first-order valence-corrected chi connectivity index (χ1v) is 23.5. The minimum Gasteiger partial charge on any atom is -0.465 e. The number of benzene rings is 2. The molecule has 0 saturated carbocycles. The summed E-state index contributed by atoms with van der Waals surface area (Å²) in [6.07, 6.45) is 21.1. The summed E-state index contributed by atoms with van der Waals surface area (Å²) >= 11 is 0. The third-order valence-corrected chi connectivity index (χ3v) is 12.3. The highest BCUT2D eigenvalue weighted by molar-refractivity contribution is 7.52. The Hall–Kier alpha value is -4.04. The molecular weight excluding hydrogens is 808 g/mol. The largest absolute Gasteiger partial charge is 0.465 e. The Balaban J connectivity index is 1.31. The van der Waals surface area contributed by atoms with Crippen LogP contribution in [0, 0.1) is 17.7 Å². The maximum atomic E-state index is 14.7. The Morgan fingerprint density at radius 2 is 1.43 bits per heavy atom. The summed E-state index contributed by atoms with van der Waals surface area (Å²) in [5.74, 6) is -2.36. The first kappa shape index (κ1) is 49.6. The molecule has 3 N–H and O–H groups in total. The topological polar surface area (TPSA) is 153 Å². The predicted molar refractivity (Wildman–Crippen MR) is 232 cm³/mol. The number of nitrogen functional groups attached to an aromatic ring is 1. The molecule has 4 aromatic rings. The number of unbranched alkanes of at least 4 members (excludes halogenated alkanes) is 16. The van der Waals surface area contributed by atoms with Crippen LogP contribution in [0.5, 0.6) is 5.75 Å². The number of nitrogens with one attached hydrogen (secondary N) is 1. The molecule has 2 aromatic heterocycles. The fourth-order valence-corrected chi connectivity index (χ4v) is 8.66. The van der Waals surface area contributed by atoms with Crippen molar-refractivity contribution in [1.82, 2.24) is 24.6 Å². The van der Waals surface area contributed by atoms with Gasteiger partial charge in [-0.2, -0.15) is 19.4 Å². The van der Waals surface area contributed by atoms with Crippen LogP contribution in [0.4, 0.5) is 19.0 Å². The number of methoxy groups -OCH3 is 1. The van der Waals surface area contributed by atoms with Crippen molar-refractivity contribution in [2.45, 2.75) is 154 Å². The summed E-state index contributed by atoms with van der Waals surface area (Å²) < 4.78 is 82.2. The molecule has 0 saturated heterocycles. The van der Waals surface area contributed by atoms with E-state index < -0.39 is 43.1 Å². The Labute approximate surface area is 359 Å². The number of hydrogen-bond donors (Lipinski definition) is 2. The lowest BCUT2D eigenvalue weighted by Crippen LogP contribution is -2.41. The lowest BCUT2D eigenvalue weighted by atomic mass is 10.0. The van der Waals surface area contributed by atoms with Crippen molar-refractivity contribution in [2.24, 2.45) is 0 Å². The molecule has 0 amide bonds. The Morgan fingerprint density at radius 3 is 2.00 bits per heavy atom. The molecule has 0 fully saturated rings. The number of ether oxygens (including phenoxy) is 2. The van der Waals surface area contributed by atoms with Crippen molar-refractivity contribution in [3.63, 3.8) is 0 Å². The monoisotopic (exact) mass is 874 g/mol. The van der Waals surface area contributed by atoms with Gasteiger partial charge >= 0.3 is 19.8 Å². The number of rotatable bonds is 32. The number of halogens is 3. The van der Waals surface area contributed by atoms with E-state index in [0.29, 0.717) is 6.42 Å². The van der Waals surface area contributed by atoms with Crippen LogP contribution in [-0.4, -0.2) is 57.5 Å². The minimum atomic E-state index is -4.46. The Kier molecular flexibility index (Phi) is 21.5. The summed E-state index contributed by atoms with van der Waals surface area (Å²) in [5.41, 5.74) is 5.27. The molecule has 0 aliphatic rings. The van der Waals surface area contributed by atoms with E-state index in [2.05, 4.69) is 27.0 Å². The van der Waals surface area contributed by atoms with Gasteiger partial charge in [-0.25, -0.2) is 18.3 Å². The van der Waals surface area contributed by atoms with Crippen molar-refractivity contribution in [3.8, 4) is 5.75 Å². The molecule has 4 rings (SSSR count). The third kappa shape index (κ3) is 18.1. The van der Waals surface area contributed by atoms with Gasteiger partial charge in [0.1, 0.15) is 28.9 Å². The number of aryl methyl sites for hydroxylation is 1. The van der Waals surface area contributed by atoms with Gasteiger partial charge in [0, 0.05) is 19.7 Å². The van der Waals surface area contributed by atoms with Crippen LogP contribution >= 0.6 is 7.75 Å². The van der Waals surface area contributed by atoms with Crippen molar-refractivity contribution in [2.75, 3.05) is 26.1 Å². The number of nitrogens with zero attached hydrogens (tertiary/aromatic N) is 4. The van der Waals surface area contributed by atoms with Crippen molar-refractivity contribution < 1.29 is 41.1 Å². The van der Waals surface area contributed by atoms with E-state index in [1.807, 2.05) is 0 Å². The zero-order chi connectivity index (χ0) is 43.9. The van der Waals surface area contributed by atoms with E-state index in [4.69, 9.17) is 24.3 Å². The number of para-hydroxylation sites is 1. The number of anilines is 1. The normalized spacial score (nSPS) is 14.1. The fourth-order valence-electron chi connectivity index (χ4n) is 7.06. The number of hydrogen-bond acceptors (Lipinski definition) is 10. The van der Waals surface area contributed by atoms with Crippen LogP contribution in [0.1, 0.15) is 135 Å². The first-order chi connectivity index (χ1) is 29.4. The van der Waals surface area contributed by atoms with Crippen molar-refractivity contribution in [1.29, 1.82) is 0 Å². The molecule has 0 spiro atoms. The average Bonchev–Trinajstić information content (AvgIpc) is 3.64. The molecule has 0 radical (unpaired) electrons. The first-order valence-electron chi connectivity index (χ1n) is 22.0. The molecule has 61 heavy (non-hydrogen) atoms. The fraction of sp³-hybridized carbons (Fsp3) is 0.600. The predicted octanol–water partition coefficient (Wildman–Crippen LogP) is 11.2. The minimum absolute atomic E-state index is 0.0987. The molecule has 0 aliphatic heterocycles. The van der Waals surface area contributed by atoms with Gasteiger partial charge in [0.2, 0.25) is 0 Å². The number of esters is 1. The van der Waals surface area contributed by atoms with Gasteiger partial charge in [-0.15, -0.1) is 0 Å². The van der Waals surface area contributed by atoms with Gasteiger partial charge < -0.3 is 24.3 Å². The second-order valence-electron chi connectivity index (χ2n) is 16.1. The van der Waals surface area contributed by atoms with Crippen LogP contribution in [0.15, 0.2) is 54.9 Å². The van der Waals surface area contributed by atoms with Crippen molar-refractivity contribution in [3.05, 3.63) is 78.1 Å². The van der Waals surface area contributed by atoms with E-state index in [0.717, 1.165) is 37.5 Å². The van der Waals surface area contributed by atoms with E-state index in [9.17, 15) is 22.5 Å². The number of fused-ring (bicyclic) bond motifs is 1. The van der Waals surface area contributed by atoms with Gasteiger partial charge in [-0.05, 0) is 56.0 Å². The quantitative estimate of drug-likeness (QED) is 0.0209. The summed E-state index contributed by atoms with van der Waals surface area (Å²) in [6, 6.07) is 9.76. The number of nitrogens with two attached hydrogens (primary N) is 1. The van der Waals surface area contributed by atoms with Gasteiger partial charge in [-0.3, -0.25) is 9.32 Å². The second-order valence-corrected chi connectivity index (χ2v) is 17.7. The molecule has 2 aromatic carbocycles. The average molecular weight is 875 g/mol. The molecule has 16 heteroatoms. The smallest absolute Gasteiger partial charge is 0.459 e. The zero-order valence-corrected chi connectivity index (χ0v) is 37.1. The van der Waals surface area contributed by atoms with Gasteiger partial charge in [0.15, 0.2) is 11.5 Å². The van der Waals surface area contributed by atoms with Crippen LogP contribution < -0.4 is 15.3 Å². The van der Waals surface area contributed by atoms with E-state index >= 15 is 0 Å². The Bertz CT molecular complexity index is 1920. The zero-order valence-electron chi connectivity index (χ0n) is 36.2. The molecule has 12 nitrogen and oxygen atoms in total. The summed E-state index contributed by atoms with van der Waals surface area (Å²) in [4.78, 5) is 25.2. The van der Waals surface area contributed by atoms with Crippen LogP contribution in [0.2, 0.25) is 0 Å². The highest BCUT2D eigenvalue weighted by Gasteiger charge is 2.38.